The molecule has 0 radical (unpaired) electrons. The summed E-state index contributed by atoms with van der Waals surface area (Å²) >= 11 is 0. The van der Waals surface area contributed by atoms with E-state index < -0.39 is 76.6 Å². The summed E-state index contributed by atoms with van der Waals surface area (Å²) < 4.78 is 258. The minimum Gasteiger partial charge on any atom is -0.353 e. The molecule has 1 unspecified atom stereocenters. The minimum absolute atomic E-state index is 0.161. The van der Waals surface area contributed by atoms with E-state index in [1.165, 1.54) is 0 Å². The molecular weight excluding hydrogens is 615 g/mol. The largest absolute Gasteiger partial charge is 0.460 e. The van der Waals surface area contributed by atoms with Crippen LogP contribution in [0.5, 0.6) is 0 Å². The van der Waals surface area contributed by atoms with Crippen LogP contribution in [0.3, 0.4) is 0 Å². The fourth-order valence-electron chi connectivity index (χ4n) is 2.42. The van der Waals surface area contributed by atoms with Gasteiger partial charge in [0, 0.05) is 6.61 Å². The van der Waals surface area contributed by atoms with Crippen molar-refractivity contribution in [3.05, 3.63) is 0 Å². The highest BCUT2D eigenvalue weighted by Gasteiger charge is 2.86. The smallest absolute Gasteiger partial charge is 0.353 e. The Morgan fingerprint density at radius 2 is 1.08 bits per heavy atom. The summed E-state index contributed by atoms with van der Waals surface area (Å²) in [5.74, 6) is -43.9. The first-order chi connectivity index (χ1) is 16.5. The lowest BCUT2D eigenvalue weighted by molar-refractivity contribution is -0.384. The van der Waals surface area contributed by atoms with Gasteiger partial charge >= 0.3 is 57.1 Å². The number of hydrogen-bond donors (Lipinski definition) is 0. The van der Waals surface area contributed by atoms with Crippen LogP contribution in [0, 0.1) is 0 Å². The zero-order valence-corrected chi connectivity index (χ0v) is 18.5. The predicted octanol–water partition coefficient (Wildman–Crippen LogP) is 5.84. The zero-order chi connectivity index (χ0) is 30.4. The molecule has 0 aromatic rings. The van der Waals surface area contributed by atoms with Gasteiger partial charge in [0.2, 0.25) is 0 Å². The average Bonchev–Trinajstić information content (AvgIpc) is 2.75. The molecule has 0 aliphatic carbocycles. The van der Waals surface area contributed by atoms with E-state index >= 15 is 0 Å². The maximum Gasteiger partial charge on any atom is 0.460 e. The minimum atomic E-state index is -8.21. The van der Waals surface area contributed by atoms with Gasteiger partial charge < -0.3 is 9.47 Å². The Morgan fingerprint density at radius 3 is 1.47 bits per heavy atom. The van der Waals surface area contributed by atoms with Gasteiger partial charge in [-0.15, -0.1) is 0 Å². The molecule has 1 heterocycles. The second kappa shape index (κ2) is 10.2. The standard InChI is InChI=1S/C15H13F17O5S/c16-8(17,5-36-7-3-1-2-4-35-7)10(20,21)11(22,23)9(18,19)6-37-38(33,34)15(31,32)13(26,27)12(24,25)14(28,29)30/h7H,1-6H2. The lowest BCUT2D eigenvalue weighted by atomic mass is 9.99. The molecule has 0 bridgehead atoms. The molecule has 1 saturated heterocycles. The van der Waals surface area contributed by atoms with Crippen LogP contribution in [0.25, 0.3) is 0 Å². The Morgan fingerprint density at radius 1 is 0.632 bits per heavy atom. The monoisotopic (exact) mass is 628 g/mol. The van der Waals surface area contributed by atoms with Crippen molar-refractivity contribution in [3.63, 3.8) is 0 Å². The summed E-state index contributed by atoms with van der Waals surface area (Å²) in [6, 6.07) is 0. The van der Waals surface area contributed by atoms with E-state index in [4.69, 9.17) is 0 Å². The third-order valence-corrected chi connectivity index (χ3v) is 6.04. The van der Waals surface area contributed by atoms with Crippen LogP contribution in [0.2, 0.25) is 0 Å². The number of alkyl halides is 17. The summed E-state index contributed by atoms with van der Waals surface area (Å²) in [5.41, 5.74) is 0. The van der Waals surface area contributed by atoms with Gasteiger partial charge in [-0.1, -0.05) is 0 Å². The van der Waals surface area contributed by atoms with E-state index in [-0.39, 0.29) is 19.4 Å². The van der Waals surface area contributed by atoms with E-state index in [2.05, 4.69) is 13.7 Å². The highest BCUT2D eigenvalue weighted by atomic mass is 32.2. The van der Waals surface area contributed by atoms with Gasteiger partial charge in [0.15, 0.2) is 6.29 Å². The Balaban J connectivity index is 3.19. The van der Waals surface area contributed by atoms with Crippen LogP contribution in [0.4, 0.5) is 74.6 Å². The van der Waals surface area contributed by atoms with Crippen LogP contribution in [0.15, 0.2) is 0 Å². The van der Waals surface area contributed by atoms with Crippen molar-refractivity contribution in [3.8, 4) is 0 Å². The third-order valence-electron chi connectivity index (χ3n) is 4.73. The van der Waals surface area contributed by atoms with E-state index in [9.17, 15) is 83.1 Å². The van der Waals surface area contributed by atoms with E-state index in [1.54, 1.807) is 0 Å². The first-order valence-corrected chi connectivity index (χ1v) is 10.8. The second-order valence-electron chi connectivity index (χ2n) is 7.54. The molecule has 0 saturated carbocycles. The van der Waals surface area contributed by atoms with Crippen LogP contribution in [-0.4, -0.2) is 81.5 Å². The van der Waals surface area contributed by atoms with Crippen LogP contribution in [-0.2, 0) is 23.8 Å². The third kappa shape index (κ3) is 5.74. The lowest BCUT2D eigenvalue weighted by Crippen LogP contribution is -2.65. The van der Waals surface area contributed by atoms with Gasteiger partial charge in [0.05, 0.1) is 0 Å². The first-order valence-electron chi connectivity index (χ1n) is 9.37. The van der Waals surface area contributed by atoms with Crippen LogP contribution in [0.1, 0.15) is 19.3 Å². The Kier molecular flexibility index (Phi) is 9.34. The molecule has 5 nitrogen and oxygen atoms in total. The number of halogens is 17. The molecular formula is C15H13F17O5S. The molecule has 0 amide bonds. The molecule has 0 aromatic carbocycles. The second-order valence-corrected chi connectivity index (χ2v) is 9.20. The Hall–Kier alpha value is -1.36. The molecule has 23 heteroatoms. The molecule has 1 rings (SSSR count). The molecule has 38 heavy (non-hydrogen) atoms. The van der Waals surface area contributed by atoms with Gasteiger partial charge in [-0.25, -0.2) is 0 Å². The average molecular weight is 628 g/mol. The number of ether oxygens (including phenoxy) is 2. The molecule has 228 valence electrons. The van der Waals surface area contributed by atoms with Crippen molar-refractivity contribution in [1.29, 1.82) is 0 Å². The summed E-state index contributed by atoms with van der Waals surface area (Å²) in [5, 5.41) is -7.81. The first kappa shape index (κ1) is 34.7. The zero-order valence-electron chi connectivity index (χ0n) is 17.7. The van der Waals surface area contributed by atoms with Crippen molar-refractivity contribution in [2.75, 3.05) is 19.8 Å². The van der Waals surface area contributed by atoms with Crippen molar-refractivity contribution < 1.29 is 96.7 Å². The van der Waals surface area contributed by atoms with Crippen LogP contribution >= 0.6 is 0 Å². The fourth-order valence-corrected chi connectivity index (χ4v) is 3.32. The molecule has 1 aliphatic rings. The van der Waals surface area contributed by atoms with Crippen molar-refractivity contribution in [1.82, 2.24) is 0 Å². The number of hydrogen-bond acceptors (Lipinski definition) is 5. The summed E-state index contributed by atoms with van der Waals surface area (Å²) in [4.78, 5) is 0. The Labute approximate surface area is 200 Å². The predicted molar refractivity (Wildman–Crippen MR) is 85.1 cm³/mol. The van der Waals surface area contributed by atoms with Crippen molar-refractivity contribution in [2.45, 2.75) is 72.5 Å². The molecule has 1 atom stereocenters. The molecule has 0 spiro atoms. The molecule has 1 aliphatic heterocycles. The summed E-state index contributed by atoms with van der Waals surface area (Å²) in [6.07, 6.45) is -8.95. The number of rotatable bonds is 12. The van der Waals surface area contributed by atoms with Gasteiger partial charge in [0.25, 0.3) is 0 Å². The van der Waals surface area contributed by atoms with Crippen LogP contribution < -0.4 is 0 Å². The van der Waals surface area contributed by atoms with Gasteiger partial charge in [-0.2, -0.15) is 83.1 Å². The summed E-state index contributed by atoms with van der Waals surface area (Å²) in [6.45, 7) is -7.01. The quantitative estimate of drug-likeness (QED) is 0.201. The van der Waals surface area contributed by atoms with Gasteiger partial charge in [-0.3, -0.25) is 4.18 Å². The highest BCUT2D eigenvalue weighted by Crippen LogP contribution is 2.56. The maximum absolute atomic E-state index is 13.8. The van der Waals surface area contributed by atoms with Crippen molar-refractivity contribution >= 4 is 10.1 Å². The van der Waals surface area contributed by atoms with E-state index in [1.807, 2.05) is 0 Å². The normalized spacial score (nSPS) is 20.1. The fraction of sp³-hybridized carbons (Fsp3) is 1.00. The van der Waals surface area contributed by atoms with Crippen molar-refractivity contribution in [2.24, 2.45) is 0 Å². The molecule has 0 N–H and O–H groups in total. The van der Waals surface area contributed by atoms with Gasteiger partial charge in [-0.05, 0) is 19.3 Å². The van der Waals surface area contributed by atoms with E-state index in [0.29, 0.717) is 6.42 Å². The highest BCUT2D eigenvalue weighted by molar-refractivity contribution is 7.87. The lowest BCUT2D eigenvalue weighted by Gasteiger charge is -2.37. The topological polar surface area (TPSA) is 61.8 Å². The van der Waals surface area contributed by atoms with E-state index in [0.717, 1.165) is 0 Å². The maximum atomic E-state index is 13.8. The molecule has 0 aromatic heterocycles. The van der Waals surface area contributed by atoms with Gasteiger partial charge in [0.1, 0.15) is 13.2 Å². The SMILES string of the molecule is O=S(=O)(OCC(F)(F)C(F)(F)C(F)(F)C(F)(F)COC1CCCCO1)C(F)(F)C(F)(F)C(F)(F)C(F)(F)F. The molecule has 1 fully saturated rings. The summed E-state index contributed by atoms with van der Waals surface area (Å²) in [7, 11) is -8.21. The Bertz CT molecular complexity index is 925.